The molecule has 0 aliphatic rings. The van der Waals surface area contributed by atoms with Gasteiger partial charge in [0.25, 0.3) is 5.56 Å². The first-order valence-electron chi connectivity index (χ1n) is 5.05. The molecule has 0 atom stereocenters. The minimum absolute atomic E-state index is 0.0243. The summed E-state index contributed by atoms with van der Waals surface area (Å²) in [6.07, 6.45) is 0. The Morgan fingerprint density at radius 2 is 2.06 bits per heavy atom. The molecule has 0 amide bonds. The quantitative estimate of drug-likeness (QED) is 0.801. The Hall–Kier alpha value is -1.48. The first-order valence-corrected chi connectivity index (χ1v) is 5.43. The molecule has 1 aromatic heterocycles. The smallest absolute Gasteiger partial charge is 0.255 e. The second kappa shape index (κ2) is 3.83. The van der Waals surface area contributed by atoms with Gasteiger partial charge in [-0.1, -0.05) is 25.4 Å². The van der Waals surface area contributed by atoms with Crippen molar-refractivity contribution in [2.24, 2.45) is 0 Å². The van der Waals surface area contributed by atoms with Crippen LogP contribution >= 0.6 is 11.6 Å². The minimum atomic E-state index is -0.248. The van der Waals surface area contributed by atoms with Gasteiger partial charge in [-0.2, -0.15) is 0 Å². The van der Waals surface area contributed by atoms with Crippen LogP contribution in [-0.2, 0) is 0 Å². The average molecular weight is 238 g/mol. The molecule has 3 nitrogen and oxygen atoms in total. The maximum Gasteiger partial charge on any atom is 0.255 e. The van der Waals surface area contributed by atoms with Gasteiger partial charge in [-0.15, -0.1) is 0 Å². The Bertz CT molecular complexity index is 602. The van der Waals surface area contributed by atoms with Gasteiger partial charge in [0.15, 0.2) is 0 Å². The van der Waals surface area contributed by atoms with Crippen molar-refractivity contribution in [3.63, 3.8) is 0 Å². The van der Waals surface area contributed by atoms with Gasteiger partial charge in [0.05, 0.1) is 11.1 Å². The third kappa shape index (κ3) is 1.67. The monoisotopic (exact) mass is 237 g/mol. The van der Waals surface area contributed by atoms with Crippen LogP contribution in [-0.4, -0.2) is 10.1 Å². The highest BCUT2D eigenvalue weighted by molar-refractivity contribution is 6.31. The van der Waals surface area contributed by atoms with E-state index in [0.29, 0.717) is 21.5 Å². The van der Waals surface area contributed by atoms with Gasteiger partial charge in [0.2, 0.25) is 0 Å². The summed E-state index contributed by atoms with van der Waals surface area (Å²) in [6, 6.07) is 5.01. The molecule has 0 fully saturated rings. The molecule has 0 unspecified atom stereocenters. The standard InChI is InChI=1S/C12H12ClNO2/c1-6(2)10-11(15)8-5-7(13)3-4-9(8)14-12(10)16/h3-6H,1-2H3,(H2,14,15,16). The Labute approximate surface area is 97.7 Å². The highest BCUT2D eigenvalue weighted by Gasteiger charge is 2.14. The van der Waals surface area contributed by atoms with Crippen LogP contribution in [0.5, 0.6) is 5.75 Å². The SMILES string of the molecule is CC(C)c1c(O)c2cc(Cl)ccc2[nH]c1=O. The average Bonchev–Trinajstić information content (AvgIpc) is 2.19. The number of nitrogens with one attached hydrogen (secondary N) is 1. The lowest BCUT2D eigenvalue weighted by atomic mass is 10.0. The highest BCUT2D eigenvalue weighted by atomic mass is 35.5. The summed E-state index contributed by atoms with van der Waals surface area (Å²) in [6.45, 7) is 3.72. The third-order valence-electron chi connectivity index (χ3n) is 2.56. The van der Waals surface area contributed by atoms with E-state index in [1.807, 2.05) is 13.8 Å². The Balaban J connectivity index is 2.91. The van der Waals surface area contributed by atoms with E-state index in [-0.39, 0.29) is 17.2 Å². The molecule has 1 heterocycles. The summed E-state index contributed by atoms with van der Waals surface area (Å²) in [4.78, 5) is 14.5. The van der Waals surface area contributed by atoms with Gasteiger partial charge in [0.1, 0.15) is 5.75 Å². The van der Waals surface area contributed by atoms with E-state index in [9.17, 15) is 9.90 Å². The van der Waals surface area contributed by atoms with Crippen LogP contribution in [0.3, 0.4) is 0 Å². The summed E-state index contributed by atoms with van der Waals surface area (Å²) in [5.41, 5.74) is 0.744. The zero-order chi connectivity index (χ0) is 11.9. The fourth-order valence-corrected chi connectivity index (χ4v) is 1.97. The molecule has 16 heavy (non-hydrogen) atoms. The van der Waals surface area contributed by atoms with Gasteiger partial charge in [-0.3, -0.25) is 4.79 Å². The lowest BCUT2D eigenvalue weighted by Gasteiger charge is -2.09. The van der Waals surface area contributed by atoms with Crippen LogP contribution in [0.15, 0.2) is 23.0 Å². The molecule has 2 aromatic rings. The Morgan fingerprint density at radius 3 is 2.69 bits per heavy atom. The minimum Gasteiger partial charge on any atom is -0.507 e. The first kappa shape index (κ1) is 11.0. The molecule has 2 N–H and O–H groups in total. The maximum absolute atomic E-state index is 11.7. The number of aromatic hydroxyl groups is 1. The number of halogens is 1. The van der Waals surface area contributed by atoms with Crippen LogP contribution < -0.4 is 5.56 Å². The molecule has 84 valence electrons. The zero-order valence-corrected chi connectivity index (χ0v) is 9.80. The van der Waals surface area contributed by atoms with Crippen molar-refractivity contribution in [3.05, 3.63) is 39.1 Å². The van der Waals surface area contributed by atoms with Crippen LogP contribution in [0.25, 0.3) is 10.9 Å². The predicted molar refractivity (Wildman–Crippen MR) is 65.3 cm³/mol. The van der Waals surface area contributed by atoms with Crippen LogP contribution in [0.4, 0.5) is 0 Å². The Kier molecular flexibility index (Phi) is 2.64. The van der Waals surface area contributed by atoms with Crippen LogP contribution in [0.1, 0.15) is 25.3 Å². The molecule has 2 rings (SSSR count). The van der Waals surface area contributed by atoms with Crippen molar-refractivity contribution in [1.29, 1.82) is 0 Å². The van der Waals surface area contributed by atoms with E-state index < -0.39 is 0 Å². The molecular weight excluding hydrogens is 226 g/mol. The molecular formula is C12H12ClNO2. The fourth-order valence-electron chi connectivity index (χ4n) is 1.80. The maximum atomic E-state index is 11.7. The predicted octanol–water partition coefficient (Wildman–Crippen LogP) is 3.01. The number of hydrogen-bond acceptors (Lipinski definition) is 2. The second-order valence-corrected chi connectivity index (χ2v) is 4.50. The molecule has 0 aliphatic carbocycles. The second-order valence-electron chi connectivity index (χ2n) is 4.06. The number of benzene rings is 1. The van der Waals surface area contributed by atoms with Crippen LogP contribution in [0.2, 0.25) is 5.02 Å². The largest absolute Gasteiger partial charge is 0.507 e. The molecule has 0 saturated heterocycles. The van der Waals surface area contributed by atoms with Crippen LogP contribution in [0, 0.1) is 0 Å². The molecule has 1 aromatic carbocycles. The van der Waals surface area contributed by atoms with Gasteiger partial charge in [0, 0.05) is 10.4 Å². The summed E-state index contributed by atoms with van der Waals surface area (Å²) in [7, 11) is 0. The summed E-state index contributed by atoms with van der Waals surface area (Å²) in [5, 5.41) is 11.2. The molecule has 0 radical (unpaired) electrons. The van der Waals surface area contributed by atoms with Gasteiger partial charge >= 0.3 is 0 Å². The molecule has 0 saturated carbocycles. The Morgan fingerprint density at radius 1 is 1.38 bits per heavy atom. The van der Waals surface area contributed by atoms with Gasteiger partial charge in [-0.05, 0) is 24.1 Å². The van der Waals surface area contributed by atoms with Crippen molar-refractivity contribution >= 4 is 22.5 Å². The van der Waals surface area contributed by atoms with Crippen molar-refractivity contribution < 1.29 is 5.11 Å². The number of aromatic nitrogens is 1. The molecule has 0 aliphatic heterocycles. The van der Waals surface area contributed by atoms with Crippen molar-refractivity contribution in [1.82, 2.24) is 4.98 Å². The number of H-pyrrole nitrogens is 1. The van der Waals surface area contributed by atoms with E-state index in [2.05, 4.69) is 4.98 Å². The van der Waals surface area contributed by atoms with Crippen molar-refractivity contribution in [3.8, 4) is 5.75 Å². The summed E-state index contributed by atoms with van der Waals surface area (Å²) in [5.74, 6) is -0.0108. The van der Waals surface area contributed by atoms with Crippen molar-refractivity contribution in [2.75, 3.05) is 0 Å². The van der Waals surface area contributed by atoms with Crippen molar-refractivity contribution in [2.45, 2.75) is 19.8 Å². The third-order valence-corrected chi connectivity index (χ3v) is 2.80. The first-order chi connectivity index (χ1) is 7.50. The van der Waals surface area contributed by atoms with E-state index in [0.717, 1.165) is 0 Å². The van der Waals surface area contributed by atoms with Gasteiger partial charge in [-0.25, -0.2) is 0 Å². The zero-order valence-electron chi connectivity index (χ0n) is 9.04. The lowest BCUT2D eigenvalue weighted by molar-refractivity contribution is 0.469. The molecule has 0 bridgehead atoms. The fraction of sp³-hybridized carbons (Fsp3) is 0.250. The van der Waals surface area contributed by atoms with E-state index in [1.165, 1.54) is 0 Å². The topological polar surface area (TPSA) is 53.1 Å². The number of aromatic amines is 1. The summed E-state index contributed by atoms with van der Waals surface area (Å²) < 4.78 is 0. The van der Waals surface area contributed by atoms with E-state index in [1.54, 1.807) is 18.2 Å². The normalized spacial score (nSPS) is 11.2. The number of pyridine rings is 1. The molecule has 0 spiro atoms. The molecule has 4 heteroatoms. The van der Waals surface area contributed by atoms with E-state index >= 15 is 0 Å². The lowest BCUT2D eigenvalue weighted by Crippen LogP contribution is -2.14. The highest BCUT2D eigenvalue weighted by Crippen LogP contribution is 2.30. The number of fused-ring (bicyclic) bond motifs is 1. The number of rotatable bonds is 1. The summed E-state index contributed by atoms with van der Waals surface area (Å²) >= 11 is 5.86. The van der Waals surface area contributed by atoms with E-state index in [4.69, 9.17) is 11.6 Å². The number of hydrogen-bond donors (Lipinski definition) is 2. The van der Waals surface area contributed by atoms with Gasteiger partial charge < -0.3 is 10.1 Å².